The number of aromatic nitrogens is 2. The monoisotopic (exact) mass is 576 g/mol. The molecule has 0 aliphatic heterocycles. The van der Waals surface area contributed by atoms with E-state index in [1.165, 1.54) is 18.2 Å². The summed E-state index contributed by atoms with van der Waals surface area (Å²) in [5.74, 6) is 0.620. The number of benzene rings is 3. The van der Waals surface area contributed by atoms with Crippen molar-refractivity contribution in [2.75, 3.05) is 23.7 Å². The highest BCUT2D eigenvalue weighted by Crippen LogP contribution is 2.34. The highest BCUT2D eigenvalue weighted by molar-refractivity contribution is 5.86. The number of nitrogens with two attached hydrogens (primary N) is 1. The largest absolute Gasteiger partial charge is 0.423 e. The van der Waals surface area contributed by atoms with Crippen LogP contribution in [0, 0.1) is 0 Å². The van der Waals surface area contributed by atoms with Crippen LogP contribution in [0.5, 0.6) is 0 Å². The zero-order valence-corrected chi connectivity index (χ0v) is 23.0. The molecule has 216 valence electrons. The number of aryl methyl sites for hydroxylation is 1. The predicted molar refractivity (Wildman–Crippen MR) is 158 cm³/mol. The standard InChI is InChI=1S/C21H21N3O2.C10H6F3NO2/c1-4-24(5-2)15-11-10-14-12-16(21(25)26-19(14)13-15)20-22-17-8-6-7-9-18(17)23(20)3;11-10(12,13)7-4-9(15)16-8-3-5(14)1-2-6(7)8/h6-13H,4-5H2,1-3H3;1-4H,14H2. The lowest BCUT2D eigenvalue weighted by Crippen LogP contribution is -2.21. The molecule has 0 unspecified atom stereocenters. The average molecular weight is 577 g/mol. The minimum absolute atomic E-state index is 0.167. The molecule has 0 aliphatic carbocycles. The molecule has 42 heavy (non-hydrogen) atoms. The maximum absolute atomic E-state index is 12.6. The number of hydrogen-bond acceptors (Lipinski definition) is 7. The van der Waals surface area contributed by atoms with Crippen molar-refractivity contribution in [2.24, 2.45) is 7.05 Å². The first kappa shape index (κ1) is 28.5. The van der Waals surface area contributed by atoms with Crippen LogP contribution in [0.1, 0.15) is 19.4 Å². The fourth-order valence-electron chi connectivity index (χ4n) is 4.84. The van der Waals surface area contributed by atoms with E-state index in [1.54, 1.807) is 0 Å². The van der Waals surface area contributed by atoms with E-state index in [9.17, 15) is 22.8 Å². The maximum Gasteiger partial charge on any atom is 0.417 e. The van der Waals surface area contributed by atoms with E-state index in [0.717, 1.165) is 35.2 Å². The topological polar surface area (TPSA) is 108 Å². The molecule has 0 saturated heterocycles. The molecule has 0 saturated carbocycles. The maximum atomic E-state index is 12.6. The number of alkyl halides is 3. The first-order valence-electron chi connectivity index (χ1n) is 13.2. The van der Waals surface area contributed by atoms with Crippen LogP contribution >= 0.6 is 0 Å². The van der Waals surface area contributed by atoms with Gasteiger partial charge in [-0.3, -0.25) is 0 Å². The molecule has 0 radical (unpaired) electrons. The van der Waals surface area contributed by atoms with Gasteiger partial charge in [-0.05, 0) is 56.3 Å². The number of nitrogens with zero attached hydrogens (tertiary/aromatic N) is 3. The molecule has 2 N–H and O–H groups in total. The molecule has 8 nitrogen and oxygen atoms in total. The van der Waals surface area contributed by atoms with Gasteiger partial charge in [-0.2, -0.15) is 13.2 Å². The third kappa shape index (κ3) is 5.45. The number of fused-ring (bicyclic) bond motifs is 3. The Morgan fingerprint density at radius 1 is 0.905 bits per heavy atom. The van der Waals surface area contributed by atoms with Crippen LogP contribution in [0.2, 0.25) is 0 Å². The Kier molecular flexibility index (Phi) is 7.51. The fraction of sp³-hybridized carbons (Fsp3) is 0.194. The van der Waals surface area contributed by atoms with Crippen LogP contribution in [-0.4, -0.2) is 22.6 Å². The highest BCUT2D eigenvalue weighted by Gasteiger charge is 2.33. The van der Waals surface area contributed by atoms with E-state index in [2.05, 4.69) is 34.2 Å². The van der Waals surface area contributed by atoms with Gasteiger partial charge in [-0.1, -0.05) is 12.1 Å². The normalized spacial score (nSPS) is 11.6. The zero-order chi connectivity index (χ0) is 30.2. The van der Waals surface area contributed by atoms with Gasteiger partial charge in [0, 0.05) is 60.5 Å². The Hall–Kier alpha value is -5.06. The van der Waals surface area contributed by atoms with Crippen LogP contribution < -0.4 is 21.9 Å². The Bertz CT molecular complexity index is 2040. The van der Waals surface area contributed by atoms with E-state index in [1.807, 2.05) is 54.1 Å². The molecule has 0 bridgehead atoms. The summed E-state index contributed by atoms with van der Waals surface area (Å²) in [5, 5.41) is 0.712. The van der Waals surface area contributed by atoms with E-state index in [4.69, 9.17) is 10.2 Å². The first-order valence-corrected chi connectivity index (χ1v) is 13.2. The van der Waals surface area contributed by atoms with Gasteiger partial charge in [0.25, 0.3) is 0 Å². The molecule has 11 heteroatoms. The first-order chi connectivity index (χ1) is 20.0. The highest BCUT2D eigenvalue weighted by atomic mass is 19.4. The molecule has 0 atom stereocenters. The summed E-state index contributed by atoms with van der Waals surface area (Å²) in [7, 11) is 1.91. The van der Waals surface area contributed by atoms with Gasteiger partial charge >= 0.3 is 17.4 Å². The van der Waals surface area contributed by atoms with Crippen LogP contribution in [-0.2, 0) is 13.2 Å². The summed E-state index contributed by atoms with van der Waals surface area (Å²) >= 11 is 0. The number of nitrogen functional groups attached to an aromatic ring is 1. The van der Waals surface area contributed by atoms with Crippen molar-refractivity contribution in [1.29, 1.82) is 0 Å². The molecule has 0 amide bonds. The number of halogens is 3. The third-order valence-electron chi connectivity index (χ3n) is 6.95. The summed E-state index contributed by atoms with van der Waals surface area (Å²) in [6.07, 6.45) is -4.59. The van der Waals surface area contributed by atoms with Crippen LogP contribution in [0.4, 0.5) is 24.5 Å². The van der Waals surface area contributed by atoms with Crippen molar-refractivity contribution in [3.8, 4) is 11.4 Å². The number of hydrogen-bond donors (Lipinski definition) is 1. The van der Waals surface area contributed by atoms with Crippen molar-refractivity contribution in [1.82, 2.24) is 9.55 Å². The number of anilines is 2. The molecular weight excluding hydrogens is 549 g/mol. The summed E-state index contributed by atoms with van der Waals surface area (Å²) in [6.45, 7) is 6.03. The predicted octanol–water partition coefficient (Wildman–Crippen LogP) is 6.59. The minimum Gasteiger partial charge on any atom is -0.423 e. The second kappa shape index (κ2) is 11.1. The minimum atomic E-state index is -4.59. The molecule has 3 aromatic carbocycles. The van der Waals surface area contributed by atoms with Crippen LogP contribution in [0.3, 0.4) is 0 Å². The van der Waals surface area contributed by atoms with Gasteiger partial charge in [0.15, 0.2) is 0 Å². The Morgan fingerprint density at radius 2 is 1.64 bits per heavy atom. The molecular formula is C31H27F3N4O4. The fourth-order valence-corrected chi connectivity index (χ4v) is 4.84. The van der Waals surface area contributed by atoms with E-state index < -0.39 is 17.4 Å². The van der Waals surface area contributed by atoms with Crippen molar-refractivity contribution in [3.05, 3.63) is 99.2 Å². The number of imidazole rings is 1. The Labute approximate surface area is 237 Å². The Morgan fingerprint density at radius 3 is 2.33 bits per heavy atom. The van der Waals surface area contributed by atoms with Gasteiger partial charge in [-0.25, -0.2) is 14.6 Å². The lowest BCUT2D eigenvalue weighted by atomic mass is 10.1. The van der Waals surface area contributed by atoms with Gasteiger partial charge in [0.05, 0.1) is 16.6 Å². The van der Waals surface area contributed by atoms with Gasteiger partial charge in [0.1, 0.15) is 22.6 Å². The van der Waals surface area contributed by atoms with E-state index in [0.29, 0.717) is 23.0 Å². The molecule has 3 aromatic heterocycles. The van der Waals surface area contributed by atoms with E-state index in [-0.39, 0.29) is 22.3 Å². The summed E-state index contributed by atoms with van der Waals surface area (Å²) in [5.41, 5.74) is 7.00. The average Bonchev–Trinajstić information content (AvgIpc) is 3.28. The summed E-state index contributed by atoms with van der Waals surface area (Å²) in [6, 6.07) is 19.8. The molecule has 3 heterocycles. The lowest BCUT2D eigenvalue weighted by molar-refractivity contribution is -0.136. The van der Waals surface area contributed by atoms with Crippen molar-refractivity contribution < 1.29 is 22.0 Å². The lowest BCUT2D eigenvalue weighted by Gasteiger charge is -2.21. The van der Waals surface area contributed by atoms with Gasteiger partial charge < -0.3 is 24.0 Å². The second-order valence-corrected chi connectivity index (χ2v) is 9.56. The van der Waals surface area contributed by atoms with Gasteiger partial charge in [-0.15, -0.1) is 0 Å². The molecule has 6 aromatic rings. The third-order valence-corrected chi connectivity index (χ3v) is 6.95. The van der Waals surface area contributed by atoms with Crippen LogP contribution in [0.25, 0.3) is 44.4 Å². The van der Waals surface area contributed by atoms with Crippen molar-refractivity contribution >= 4 is 44.3 Å². The SMILES string of the molecule is CCN(CC)c1ccc2cc(-c3nc4ccccc4n3C)c(=O)oc2c1.Nc1ccc2c(C(F)(F)F)cc(=O)oc2c1. The van der Waals surface area contributed by atoms with Crippen molar-refractivity contribution in [3.63, 3.8) is 0 Å². The van der Waals surface area contributed by atoms with E-state index >= 15 is 0 Å². The Balaban J connectivity index is 0.000000189. The van der Waals surface area contributed by atoms with Crippen LogP contribution in [0.15, 0.2) is 91.2 Å². The summed E-state index contributed by atoms with van der Waals surface area (Å²) < 4.78 is 50.0. The number of rotatable bonds is 4. The smallest absolute Gasteiger partial charge is 0.417 e. The molecule has 6 rings (SSSR count). The molecule has 0 fully saturated rings. The summed E-state index contributed by atoms with van der Waals surface area (Å²) in [4.78, 5) is 30.4. The number of para-hydroxylation sites is 2. The molecule has 0 aliphatic rings. The van der Waals surface area contributed by atoms with Gasteiger partial charge in [0.2, 0.25) is 0 Å². The van der Waals surface area contributed by atoms with Crippen molar-refractivity contribution in [2.45, 2.75) is 20.0 Å². The quantitative estimate of drug-likeness (QED) is 0.186. The molecule has 0 spiro atoms. The zero-order valence-electron chi connectivity index (χ0n) is 23.0. The second-order valence-electron chi connectivity index (χ2n) is 9.56.